The van der Waals surface area contributed by atoms with Crippen molar-refractivity contribution in [2.24, 2.45) is 0 Å². The van der Waals surface area contributed by atoms with Crippen LogP contribution in [-0.2, 0) is 16.0 Å². The predicted octanol–water partition coefficient (Wildman–Crippen LogP) is 4.05. The zero-order chi connectivity index (χ0) is 21.7. The van der Waals surface area contributed by atoms with E-state index in [0.717, 1.165) is 27.8 Å². The Labute approximate surface area is 181 Å². The molecule has 3 rings (SSSR count). The van der Waals surface area contributed by atoms with Gasteiger partial charge < -0.3 is 5.11 Å². The van der Waals surface area contributed by atoms with E-state index in [-0.39, 0.29) is 16.4 Å². The molecule has 1 aliphatic heterocycles. The molecule has 152 valence electrons. The number of nitro benzene ring substituents is 1. The molecule has 9 heteroatoms. The Morgan fingerprint density at radius 3 is 2.47 bits per heavy atom. The molecular weight excluding hydrogens is 424 g/mol. The van der Waals surface area contributed by atoms with Gasteiger partial charge in [-0.1, -0.05) is 66.5 Å². The van der Waals surface area contributed by atoms with Crippen LogP contribution in [-0.4, -0.2) is 37.2 Å². The average Bonchev–Trinajstić information content (AvgIpc) is 3.00. The number of nitrogens with zero attached hydrogens (tertiary/aromatic N) is 2. The molecule has 0 spiro atoms. The van der Waals surface area contributed by atoms with E-state index in [9.17, 15) is 24.8 Å². The summed E-state index contributed by atoms with van der Waals surface area (Å²) >= 11 is 6.31. The molecule has 30 heavy (non-hydrogen) atoms. The maximum atomic E-state index is 12.8. The van der Waals surface area contributed by atoms with Gasteiger partial charge in [-0.25, -0.2) is 4.79 Å². The normalized spacial score (nSPS) is 16.4. The van der Waals surface area contributed by atoms with Crippen molar-refractivity contribution in [3.8, 4) is 0 Å². The fourth-order valence-electron chi connectivity index (χ4n) is 2.84. The molecule has 2 aromatic carbocycles. The molecule has 0 aromatic heterocycles. The van der Waals surface area contributed by atoms with Crippen LogP contribution in [0.4, 0.5) is 5.69 Å². The zero-order valence-corrected chi connectivity index (χ0v) is 17.1. The van der Waals surface area contributed by atoms with Crippen molar-refractivity contribution in [3.63, 3.8) is 0 Å². The summed E-state index contributed by atoms with van der Waals surface area (Å²) in [6.45, 7) is 0. The predicted molar refractivity (Wildman–Crippen MR) is 119 cm³/mol. The molecule has 1 saturated heterocycles. The highest BCUT2D eigenvalue weighted by Gasteiger charge is 2.40. The van der Waals surface area contributed by atoms with Gasteiger partial charge >= 0.3 is 5.97 Å². The number of carboxylic acid groups (broad SMARTS) is 1. The number of carbonyl (C=O) groups excluding carboxylic acids is 1. The summed E-state index contributed by atoms with van der Waals surface area (Å²) < 4.78 is 0.193. The molecular formula is C21H16N2O5S2. The average molecular weight is 441 g/mol. The molecule has 1 amide bonds. The van der Waals surface area contributed by atoms with E-state index in [0.29, 0.717) is 4.91 Å². The molecule has 0 bridgehead atoms. The Bertz CT molecular complexity index is 1050. The summed E-state index contributed by atoms with van der Waals surface area (Å²) in [6, 6.07) is 13.9. The standard InChI is InChI=1S/C21H16N2O5S2/c24-19-18(8-4-7-14-9-11-16(12-10-14)23(27)28)30-21(29)22(19)17(20(25)26)13-15-5-2-1-3-6-15/h1-12,17H,13H2,(H,25,26). The quantitative estimate of drug-likeness (QED) is 0.300. The minimum absolute atomic E-state index is 0.00819. The van der Waals surface area contributed by atoms with Crippen LogP contribution in [0.2, 0.25) is 0 Å². The number of thiocarbonyl (C=S) groups is 1. The van der Waals surface area contributed by atoms with Crippen molar-refractivity contribution in [2.75, 3.05) is 0 Å². The Balaban J connectivity index is 1.75. The molecule has 0 saturated carbocycles. The SMILES string of the molecule is O=C(O)C(Cc1ccccc1)N1C(=O)C(=CC=Cc2ccc([N+](=O)[O-])cc2)SC1=S. The van der Waals surface area contributed by atoms with Gasteiger partial charge in [0.05, 0.1) is 9.83 Å². The second-order valence-corrected chi connectivity index (χ2v) is 8.00. The summed E-state index contributed by atoms with van der Waals surface area (Å²) in [5.74, 6) is -1.58. The minimum Gasteiger partial charge on any atom is -0.480 e. The summed E-state index contributed by atoms with van der Waals surface area (Å²) in [5, 5.41) is 20.4. The van der Waals surface area contributed by atoms with E-state index >= 15 is 0 Å². The van der Waals surface area contributed by atoms with Crippen molar-refractivity contribution in [1.29, 1.82) is 0 Å². The molecule has 2 aromatic rings. The third kappa shape index (κ3) is 5.00. The number of rotatable bonds is 7. The molecule has 1 heterocycles. The van der Waals surface area contributed by atoms with Crippen LogP contribution in [0.25, 0.3) is 6.08 Å². The largest absolute Gasteiger partial charge is 0.480 e. The fourth-order valence-corrected chi connectivity index (χ4v) is 4.15. The molecule has 1 N–H and O–H groups in total. The highest BCUT2D eigenvalue weighted by Crippen LogP contribution is 2.33. The first-order valence-corrected chi connectivity index (χ1v) is 10.0. The number of amides is 1. The second kappa shape index (κ2) is 9.47. The Morgan fingerprint density at radius 2 is 1.87 bits per heavy atom. The summed E-state index contributed by atoms with van der Waals surface area (Å²) in [4.78, 5) is 36.3. The Hall–Kier alpha value is -3.30. The number of benzene rings is 2. The number of nitro groups is 1. The van der Waals surface area contributed by atoms with Gasteiger partial charge in [-0.3, -0.25) is 19.8 Å². The smallest absolute Gasteiger partial charge is 0.327 e. The van der Waals surface area contributed by atoms with Gasteiger partial charge in [0.25, 0.3) is 11.6 Å². The van der Waals surface area contributed by atoms with Crippen molar-refractivity contribution in [3.05, 3.63) is 92.9 Å². The van der Waals surface area contributed by atoms with Crippen LogP contribution < -0.4 is 0 Å². The molecule has 0 radical (unpaired) electrons. The minimum atomic E-state index is -1.13. The van der Waals surface area contributed by atoms with Crippen molar-refractivity contribution < 1.29 is 19.6 Å². The molecule has 0 aliphatic carbocycles. The molecule has 1 unspecified atom stereocenters. The van der Waals surface area contributed by atoms with Crippen LogP contribution in [0.1, 0.15) is 11.1 Å². The van der Waals surface area contributed by atoms with Crippen LogP contribution in [0.5, 0.6) is 0 Å². The first kappa shape index (κ1) is 21.4. The molecule has 1 atom stereocenters. The van der Waals surface area contributed by atoms with E-state index in [1.54, 1.807) is 54.6 Å². The lowest BCUT2D eigenvalue weighted by molar-refractivity contribution is -0.384. The molecule has 7 nitrogen and oxygen atoms in total. The summed E-state index contributed by atoms with van der Waals surface area (Å²) in [6.07, 6.45) is 5.02. The second-order valence-electron chi connectivity index (χ2n) is 6.33. The number of carboxylic acids is 1. The van der Waals surface area contributed by atoms with E-state index in [4.69, 9.17) is 12.2 Å². The number of carbonyl (C=O) groups is 2. The maximum absolute atomic E-state index is 12.8. The number of hydrogen-bond donors (Lipinski definition) is 1. The van der Waals surface area contributed by atoms with Gasteiger partial charge in [0.2, 0.25) is 0 Å². The lowest BCUT2D eigenvalue weighted by atomic mass is 10.0. The first-order chi connectivity index (χ1) is 14.4. The third-order valence-corrected chi connectivity index (χ3v) is 5.68. The van der Waals surface area contributed by atoms with Gasteiger partial charge in [-0.05, 0) is 29.3 Å². The van der Waals surface area contributed by atoms with Crippen molar-refractivity contribution in [2.45, 2.75) is 12.5 Å². The topological polar surface area (TPSA) is 101 Å². The fraction of sp³-hybridized carbons (Fsp3) is 0.0952. The summed E-state index contributed by atoms with van der Waals surface area (Å²) in [5.41, 5.74) is 1.51. The molecule has 1 aliphatic rings. The summed E-state index contributed by atoms with van der Waals surface area (Å²) in [7, 11) is 0. The monoisotopic (exact) mass is 440 g/mol. The van der Waals surface area contributed by atoms with E-state index in [2.05, 4.69) is 0 Å². The van der Waals surface area contributed by atoms with Gasteiger partial charge in [0, 0.05) is 18.6 Å². The van der Waals surface area contributed by atoms with Gasteiger partial charge in [-0.2, -0.15) is 0 Å². The van der Waals surface area contributed by atoms with Crippen LogP contribution in [0.15, 0.2) is 71.7 Å². The van der Waals surface area contributed by atoms with Crippen LogP contribution in [0.3, 0.4) is 0 Å². The lowest BCUT2D eigenvalue weighted by Crippen LogP contribution is -2.45. The van der Waals surface area contributed by atoms with Crippen molar-refractivity contribution >= 4 is 51.9 Å². The zero-order valence-electron chi connectivity index (χ0n) is 15.5. The van der Waals surface area contributed by atoms with Crippen molar-refractivity contribution in [1.82, 2.24) is 4.90 Å². The number of allylic oxidation sites excluding steroid dienone is 2. The third-order valence-electron chi connectivity index (χ3n) is 4.33. The Morgan fingerprint density at radius 1 is 1.20 bits per heavy atom. The lowest BCUT2D eigenvalue weighted by Gasteiger charge is -2.23. The van der Waals surface area contributed by atoms with Gasteiger partial charge in [0.1, 0.15) is 10.4 Å². The maximum Gasteiger partial charge on any atom is 0.327 e. The van der Waals surface area contributed by atoms with Crippen LogP contribution >= 0.6 is 24.0 Å². The van der Waals surface area contributed by atoms with E-state index in [1.807, 2.05) is 6.07 Å². The Kier molecular flexibility index (Phi) is 6.76. The number of hydrogen-bond acceptors (Lipinski definition) is 6. The van der Waals surface area contributed by atoms with Gasteiger partial charge in [-0.15, -0.1) is 0 Å². The highest BCUT2D eigenvalue weighted by atomic mass is 32.2. The van der Waals surface area contributed by atoms with E-state index < -0.39 is 22.8 Å². The van der Waals surface area contributed by atoms with Gasteiger partial charge in [0.15, 0.2) is 0 Å². The van der Waals surface area contributed by atoms with Crippen LogP contribution in [0, 0.1) is 10.1 Å². The number of non-ortho nitro benzene ring substituents is 1. The van der Waals surface area contributed by atoms with E-state index in [1.165, 1.54) is 12.1 Å². The number of aliphatic carboxylic acids is 1. The number of thioether (sulfide) groups is 1. The first-order valence-electron chi connectivity index (χ1n) is 8.81. The molecule has 1 fully saturated rings. The highest BCUT2D eigenvalue weighted by molar-refractivity contribution is 8.26.